The summed E-state index contributed by atoms with van der Waals surface area (Å²) >= 11 is 12.0. The van der Waals surface area contributed by atoms with Crippen molar-refractivity contribution in [3.8, 4) is 5.75 Å². The highest BCUT2D eigenvalue weighted by molar-refractivity contribution is 6.30. The van der Waals surface area contributed by atoms with Crippen LogP contribution in [0.3, 0.4) is 0 Å². The number of carbonyl (C=O) groups is 1. The Kier molecular flexibility index (Phi) is 6.18. The van der Waals surface area contributed by atoms with Gasteiger partial charge in [-0.05, 0) is 42.0 Å². The van der Waals surface area contributed by atoms with Crippen molar-refractivity contribution in [1.29, 1.82) is 0 Å². The van der Waals surface area contributed by atoms with Crippen LogP contribution in [-0.2, 0) is 0 Å². The van der Waals surface area contributed by atoms with Crippen molar-refractivity contribution in [1.82, 2.24) is 20.2 Å². The Morgan fingerprint density at radius 1 is 1.09 bits per heavy atom. The number of hydrogen-bond acceptors (Lipinski definition) is 4. The molecule has 0 spiro atoms. The zero-order valence-corrected chi connectivity index (χ0v) is 17.7. The number of aromatic nitrogens is 2. The molecule has 2 unspecified atom stereocenters. The Bertz CT molecular complexity index is 1090. The number of ether oxygens (including phenoxy) is 1. The molecule has 3 aromatic rings. The summed E-state index contributed by atoms with van der Waals surface area (Å²) in [7, 11) is 0. The van der Waals surface area contributed by atoms with Gasteiger partial charge >= 0.3 is 12.4 Å². The molecule has 2 heterocycles. The largest absolute Gasteiger partial charge is 0.573 e. The fraction of sp³-hybridized carbons (Fsp3) is 0.200. The second-order valence-corrected chi connectivity index (χ2v) is 7.85. The molecule has 168 valence electrons. The van der Waals surface area contributed by atoms with Gasteiger partial charge in [0, 0.05) is 16.9 Å². The molecule has 1 aliphatic rings. The predicted molar refractivity (Wildman–Crippen MR) is 112 cm³/mol. The number of alkyl halides is 3. The summed E-state index contributed by atoms with van der Waals surface area (Å²) < 4.78 is 42.4. The van der Waals surface area contributed by atoms with Crippen LogP contribution in [0.15, 0.2) is 60.9 Å². The number of hydrazine groups is 1. The Hall–Kier alpha value is -2.95. The van der Waals surface area contributed by atoms with E-state index in [0.717, 1.165) is 17.7 Å². The lowest BCUT2D eigenvalue weighted by molar-refractivity contribution is -0.274. The standard InChI is InChI=1S/C20H16Cl2F3N5O2/c21-13-3-1-12(2-4-13)18-17(29-10-14(22)9-26-29)11-30(28-18)19(31)27-15-5-7-16(8-6-15)32-20(23,24)25/h1-10,17-18,28H,11H2,(H,27,31). The lowest BCUT2D eigenvalue weighted by atomic mass is 10.0. The molecule has 2 amide bonds. The van der Waals surface area contributed by atoms with E-state index >= 15 is 0 Å². The smallest absolute Gasteiger partial charge is 0.406 e. The van der Waals surface area contributed by atoms with E-state index in [-0.39, 0.29) is 24.4 Å². The summed E-state index contributed by atoms with van der Waals surface area (Å²) in [4.78, 5) is 12.8. The molecule has 0 saturated carbocycles. The molecule has 1 fully saturated rings. The summed E-state index contributed by atoms with van der Waals surface area (Å²) in [6, 6.07) is 11.0. The molecule has 0 radical (unpaired) electrons. The number of hydrogen-bond donors (Lipinski definition) is 2. The number of anilines is 1. The van der Waals surface area contributed by atoms with Crippen LogP contribution in [0.2, 0.25) is 10.0 Å². The minimum absolute atomic E-state index is 0.256. The van der Waals surface area contributed by atoms with E-state index in [4.69, 9.17) is 23.2 Å². The zero-order valence-electron chi connectivity index (χ0n) is 16.2. The number of benzene rings is 2. The molecule has 7 nitrogen and oxygen atoms in total. The number of urea groups is 1. The molecule has 2 atom stereocenters. The van der Waals surface area contributed by atoms with Gasteiger partial charge in [0.2, 0.25) is 0 Å². The first-order chi connectivity index (χ1) is 15.2. The van der Waals surface area contributed by atoms with Gasteiger partial charge < -0.3 is 10.1 Å². The molecule has 2 aromatic carbocycles. The zero-order chi connectivity index (χ0) is 22.9. The van der Waals surface area contributed by atoms with Gasteiger partial charge in [-0.15, -0.1) is 13.2 Å². The van der Waals surface area contributed by atoms with E-state index < -0.39 is 12.4 Å². The monoisotopic (exact) mass is 485 g/mol. The summed E-state index contributed by atoms with van der Waals surface area (Å²) in [5, 5.41) is 9.32. The van der Waals surface area contributed by atoms with E-state index in [2.05, 4.69) is 20.6 Å². The molecule has 0 aliphatic carbocycles. The Morgan fingerprint density at radius 3 is 2.38 bits per heavy atom. The molecule has 12 heteroatoms. The second kappa shape index (κ2) is 8.89. The quantitative estimate of drug-likeness (QED) is 0.517. The van der Waals surface area contributed by atoms with Crippen LogP contribution in [-0.4, -0.2) is 33.7 Å². The van der Waals surface area contributed by atoms with Crippen LogP contribution in [0.5, 0.6) is 5.75 Å². The number of rotatable bonds is 4. The minimum Gasteiger partial charge on any atom is -0.406 e. The number of carbonyl (C=O) groups excluding carboxylic acids is 1. The summed E-state index contributed by atoms with van der Waals surface area (Å²) in [5.74, 6) is -0.381. The highest BCUT2D eigenvalue weighted by Gasteiger charge is 2.38. The van der Waals surface area contributed by atoms with Crippen LogP contribution >= 0.6 is 23.2 Å². The van der Waals surface area contributed by atoms with Crippen molar-refractivity contribution < 1.29 is 22.7 Å². The lowest BCUT2D eigenvalue weighted by Crippen LogP contribution is -2.40. The van der Waals surface area contributed by atoms with Crippen molar-refractivity contribution >= 4 is 34.9 Å². The SMILES string of the molecule is O=C(Nc1ccc(OC(F)(F)F)cc1)N1CC(n2cc(Cl)cn2)C(c2ccc(Cl)cc2)N1. The Balaban J connectivity index is 1.49. The first-order valence-corrected chi connectivity index (χ1v) is 10.1. The van der Waals surface area contributed by atoms with Crippen LogP contribution in [0.25, 0.3) is 0 Å². The Morgan fingerprint density at radius 2 is 1.78 bits per heavy atom. The van der Waals surface area contributed by atoms with E-state index in [1.54, 1.807) is 23.0 Å². The number of nitrogens with one attached hydrogen (secondary N) is 2. The highest BCUT2D eigenvalue weighted by Crippen LogP contribution is 2.33. The van der Waals surface area contributed by atoms with Gasteiger partial charge in [-0.2, -0.15) is 5.10 Å². The molecule has 0 bridgehead atoms. The summed E-state index contributed by atoms with van der Waals surface area (Å²) in [5.41, 5.74) is 4.34. The molecular weight excluding hydrogens is 470 g/mol. The first kappa shape index (κ1) is 22.3. The second-order valence-electron chi connectivity index (χ2n) is 6.98. The van der Waals surface area contributed by atoms with Crippen molar-refractivity contribution in [3.05, 3.63) is 76.5 Å². The molecule has 1 aromatic heterocycles. The van der Waals surface area contributed by atoms with Gasteiger partial charge in [-0.25, -0.2) is 10.2 Å². The van der Waals surface area contributed by atoms with Crippen molar-refractivity contribution in [2.45, 2.75) is 18.4 Å². The topological polar surface area (TPSA) is 71.4 Å². The van der Waals surface area contributed by atoms with Gasteiger partial charge in [0.15, 0.2) is 0 Å². The van der Waals surface area contributed by atoms with Gasteiger partial charge in [-0.1, -0.05) is 35.3 Å². The fourth-order valence-corrected chi connectivity index (χ4v) is 3.64. The van der Waals surface area contributed by atoms with E-state index in [1.165, 1.54) is 23.3 Å². The molecule has 1 aliphatic heterocycles. The van der Waals surface area contributed by atoms with Gasteiger partial charge in [0.25, 0.3) is 0 Å². The number of nitrogens with zero attached hydrogens (tertiary/aromatic N) is 3. The maximum atomic E-state index is 12.8. The van der Waals surface area contributed by atoms with Gasteiger partial charge in [-0.3, -0.25) is 9.69 Å². The highest BCUT2D eigenvalue weighted by atomic mass is 35.5. The number of amides is 2. The van der Waals surface area contributed by atoms with Gasteiger partial charge in [0.05, 0.1) is 29.8 Å². The third-order valence-corrected chi connectivity index (χ3v) is 5.22. The molecule has 2 N–H and O–H groups in total. The van der Waals surface area contributed by atoms with Gasteiger partial charge in [0.1, 0.15) is 5.75 Å². The maximum Gasteiger partial charge on any atom is 0.573 e. The third kappa shape index (κ3) is 5.26. The molecular formula is C20H16Cl2F3N5O2. The first-order valence-electron chi connectivity index (χ1n) is 9.33. The average molecular weight is 486 g/mol. The predicted octanol–water partition coefficient (Wildman–Crippen LogP) is 5.42. The van der Waals surface area contributed by atoms with Crippen molar-refractivity contribution in [2.75, 3.05) is 11.9 Å². The Labute approximate surface area is 190 Å². The number of halogens is 5. The van der Waals surface area contributed by atoms with E-state index in [0.29, 0.717) is 15.7 Å². The maximum absolute atomic E-state index is 12.8. The van der Waals surface area contributed by atoms with Crippen LogP contribution in [0.1, 0.15) is 17.6 Å². The lowest BCUT2D eigenvalue weighted by Gasteiger charge is -2.19. The normalized spacial score (nSPS) is 18.6. The van der Waals surface area contributed by atoms with Crippen molar-refractivity contribution in [2.24, 2.45) is 0 Å². The van der Waals surface area contributed by atoms with Crippen molar-refractivity contribution in [3.63, 3.8) is 0 Å². The third-order valence-electron chi connectivity index (χ3n) is 4.77. The fourth-order valence-electron chi connectivity index (χ4n) is 3.37. The van der Waals surface area contributed by atoms with Crippen LogP contribution < -0.4 is 15.5 Å². The van der Waals surface area contributed by atoms with Crippen LogP contribution in [0.4, 0.5) is 23.7 Å². The molecule has 4 rings (SSSR count). The average Bonchev–Trinajstić information content (AvgIpc) is 3.35. The van der Waals surface area contributed by atoms with E-state index in [1.807, 2.05) is 12.1 Å². The summed E-state index contributed by atoms with van der Waals surface area (Å²) in [6.45, 7) is 0.256. The minimum atomic E-state index is -4.79. The summed E-state index contributed by atoms with van der Waals surface area (Å²) in [6.07, 6.45) is -1.61. The molecule has 1 saturated heterocycles. The molecule has 32 heavy (non-hydrogen) atoms. The van der Waals surface area contributed by atoms with E-state index in [9.17, 15) is 18.0 Å². The van der Waals surface area contributed by atoms with Crippen LogP contribution in [0, 0.1) is 0 Å².